The van der Waals surface area contributed by atoms with E-state index in [1.54, 1.807) is 0 Å². The lowest BCUT2D eigenvalue weighted by molar-refractivity contribution is 0.0950. The number of hydrogen-bond acceptors (Lipinski definition) is 8. The molecule has 2 fully saturated rings. The second-order valence-corrected chi connectivity index (χ2v) is 11.5. The van der Waals surface area contributed by atoms with E-state index >= 15 is 0 Å². The van der Waals surface area contributed by atoms with Crippen molar-refractivity contribution >= 4 is 43.1 Å². The van der Waals surface area contributed by atoms with Crippen LogP contribution in [0.15, 0.2) is 6.33 Å². The molecule has 2 aromatic rings. The standard InChI is InChI=1S/C20H29N5O3S2/c1-14-16-18(22-11-15-5-10-30(27,28)12-15)23-13-24-20(16)29-17(14)19(26)21-6-9-25-7-3-2-4-8-25/h13,15H,2-12H2,1H3,(H,21,26)(H,22,23,24)/t15-/m0/s1. The molecule has 0 aliphatic carbocycles. The summed E-state index contributed by atoms with van der Waals surface area (Å²) in [7, 11) is -2.90. The predicted octanol–water partition coefficient (Wildman–Crippen LogP) is 2.06. The van der Waals surface area contributed by atoms with E-state index in [0.717, 1.165) is 35.4 Å². The van der Waals surface area contributed by atoms with Crippen LogP contribution in [0.25, 0.3) is 10.2 Å². The fraction of sp³-hybridized carbons (Fsp3) is 0.650. The summed E-state index contributed by atoms with van der Waals surface area (Å²) in [5.41, 5.74) is 0.868. The summed E-state index contributed by atoms with van der Waals surface area (Å²) in [5.74, 6) is 1.18. The Hall–Kier alpha value is -1.78. The van der Waals surface area contributed by atoms with Crippen LogP contribution in [0.5, 0.6) is 0 Å². The zero-order chi connectivity index (χ0) is 21.1. The van der Waals surface area contributed by atoms with Crippen molar-refractivity contribution in [2.75, 3.05) is 49.5 Å². The van der Waals surface area contributed by atoms with E-state index in [-0.39, 0.29) is 23.3 Å². The molecule has 0 radical (unpaired) electrons. The molecule has 0 aromatic carbocycles. The molecule has 0 spiro atoms. The molecule has 164 valence electrons. The second-order valence-electron chi connectivity index (χ2n) is 8.27. The van der Waals surface area contributed by atoms with Gasteiger partial charge in [0.2, 0.25) is 0 Å². The van der Waals surface area contributed by atoms with Crippen LogP contribution >= 0.6 is 11.3 Å². The highest BCUT2D eigenvalue weighted by atomic mass is 32.2. The van der Waals surface area contributed by atoms with Crippen molar-refractivity contribution in [2.24, 2.45) is 5.92 Å². The molecule has 2 N–H and O–H groups in total. The average molecular weight is 452 g/mol. The lowest BCUT2D eigenvalue weighted by atomic mass is 10.1. The summed E-state index contributed by atoms with van der Waals surface area (Å²) in [5, 5.41) is 7.20. The fourth-order valence-electron chi connectivity index (χ4n) is 4.29. The second kappa shape index (κ2) is 9.15. The number of sulfone groups is 1. The first-order valence-electron chi connectivity index (χ1n) is 10.6. The van der Waals surface area contributed by atoms with Gasteiger partial charge < -0.3 is 15.5 Å². The third kappa shape index (κ3) is 4.92. The monoisotopic (exact) mass is 451 g/mol. The maximum absolute atomic E-state index is 12.8. The molecule has 10 heteroatoms. The summed E-state index contributed by atoms with van der Waals surface area (Å²) in [4.78, 5) is 25.3. The quantitative estimate of drug-likeness (QED) is 0.664. The molecule has 2 aromatic heterocycles. The van der Waals surface area contributed by atoms with Crippen molar-refractivity contribution in [3.63, 3.8) is 0 Å². The summed E-state index contributed by atoms with van der Waals surface area (Å²) >= 11 is 1.38. The maximum atomic E-state index is 12.8. The molecule has 2 saturated heterocycles. The number of carbonyl (C=O) groups is 1. The zero-order valence-corrected chi connectivity index (χ0v) is 18.9. The summed E-state index contributed by atoms with van der Waals surface area (Å²) in [6.45, 7) is 6.23. The molecule has 8 nitrogen and oxygen atoms in total. The highest BCUT2D eigenvalue weighted by molar-refractivity contribution is 7.91. The molecule has 2 aliphatic heterocycles. The van der Waals surface area contributed by atoms with Gasteiger partial charge in [-0.15, -0.1) is 11.3 Å². The molecular weight excluding hydrogens is 422 g/mol. The number of aromatic nitrogens is 2. The summed E-state index contributed by atoms with van der Waals surface area (Å²) in [6.07, 6.45) is 5.95. The van der Waals surface area contributed by atoms with Gasteiger partial charge in [-0.1, -0.05) is 6.42 Å². The van der Waals surface area contributed by atoms with E-state index in [0.29, 0.717) is 30.2 Å². The number of fused-ring (bicyclic) bond motifs is 1. The molecule has 4 heterocycles. The van der Waals surface area contributed by atoms with Gasteiger partial charge in [0.1, 0.15) is 17.0 Å². The topological polar surface area (TPSA) is 104 Å². The number of amides is 1. The molecule has 2 aliphatic rings. The third-order valence-corrected chi connectivity index (χ3v) is 9.02. The van der Waals surface area contributed by atoms with Crippen LogP contribution in [0.4, 0.5) is 5.82 Å². The molecule has 30 heavy (non-hydrogen) atoms. The molecule has 0 bridgehead atoms. The third-order valence-electron chi connectivity index (χ3n) is 5.98. The number of aryl methyl sites for hydroxylation is 1. The largest absolute Gasteiger partial charge is 0.369 e. The number of nitrogens with zero attached hydrogens (tertiary/aromatic N) is 3. The van der Waals surface area contributed by atoms with E-state index in [9.17, 15) is 13.2 Å². The summed E-state index contributed by atoms with van der Waals surface area (Å²) < 4.78 is 23.4. The van der Waals surface area contributed by atoms with E-state index in [2.05, 4.69) is 25.5 Å². The smallest absolute Gasteiger partial charge is 0.261 e. The van der Waals surface area contributed by atoms with Gasteiger partial charge in [-0.2, -0.15) is 0 Å². The SMILES string of the molecule is Cc1c(C(=O)NCCN2CCCCC2)sc2ncnc(NC[C@@H]3CCS(=O)(=O)C3)c12. The van der Waals surface area contributed by atoms with Crippen LogP contribution in [0.3, 0.4) is 0 Å². The number of piperidine rings is 1. The Morgan fingerprint density at radius 2 is 2.07 bits per heavy atom. The minimum absolute atomic E-state index is 0.0691. The minimum atomic E-state index is -2.90. The van der Waals surface area contributed by atoms with Crippen LogP contribution in [0.1, 0.15) is 40.9 Å². The van der Waals surface area contributed by atoms with Crippen molar-refractivity contribution in [3.05, 3.63) is 16.8 Å². The van der Waals surface area contributed by atoms with E-state index < -0.39 is 9.84 Å². The number of rotatable bonds is 7. The van der Waals surface area contributed by atoms with Crippen LogP contribution < -0.4 is 10.6 Å². The zero-order valence-electron chi connectivity index (χ0n) is 17.3. The van der Waals surface area contributed by atoms with E-state index in [1.165, 1.54) is 36.9 Å². The van der Waals surface area contributed by atoms with Crippen LogP contribution in [0.2, 0.25) is 0 Å². The normalized spacial score (nSPS) is 21.7. The van der Waals surface area contributed by atoms with Crippen molar-refractivity contribution < 1.29 is 13.2 Å². The van der Waals surface area contributed by atoms with Gasteiger partial charge in [-0.25, -0.2) is 18.4 Å². The molecule has 4 rings (SSSR count). The van der Waals surface area contributed by atoms with E-state index in [4.69, 9.17) is 0 Å². The number of hydrogen-bond donors (Lipinski definition) is 2. The minimum Gasteiger partial charge on any atom is -0.369 e. The Labute approximate surface area is 181 Å². The number of carbonyl (C=O) groups excluding carboxylic acids is 1. The number of likely N-dealkylation sites (tertiary alicyclic amines) is 1. The molecule has 0 unspecified atom stereocenters. The van der Waals surface area contributed by atoms with Crippen LogP contribution in [0, 0.1) is 12.8 Å². The molecule has 1 atom stereocenters. The van der Waals surface area contributed by atoms with Crippen LogP contribution in [-0.4, -0.2) is 73.4 Å². The first-order valence-corrected chi connectivity index (χ1v) is 13.3. The van der Waals surface area contributed by atoms with Crippen LogP contribution in [-0.2, 0) is 9.84 Å². The molecule has 1 amide bonds. The van der Waals surface area contributed by atoms with E-state index in [1.807, 2.05) is 6.92 Å². The number of anilines is 1. The summed E-state index contributed by atoms with van der Waals surface area (Å²) in [6, 6.07) is 0. The van der Waals surface area contributed by atoms with Gasteiger partial charge in [0.15, 0.2) is 9.84 Å². The number of nitrogens with one attached hydrogen (secondary N) is 2. The van der Waals surface area contributed by atoms with Crippen molar-refractivity contribution in [2.45, 2.75) is 32.6 Å². The highest BCUT2D eigenvalue weighted by Gasteiger charge is 2.28. The fourth-order valence-corrected chi connectivity index (χ4v) is 7.21. The Morgan fingerprint density at radius 1 is 1.27 bits per heavy atom. The van der Waals surface area contributed by atoms with Gasteiger partial charge >= 0.3 is 0 Å². The lowest BCUT2D eigenvalue weighted by Gasteiger charge is -2.26. The van der Waals surface area contributed by atoms with Gasteiger partial charge in [0.05, 0.1) is 21.8 Å². The number of thiophene rings is 1. The van der Waals surface area contributed by atoms with Gasteiger partial charge in [-0.3, -0.25) is 4.79 Å². The Bertz CT molecular complexity index is 1010. The lowest BCUT2D eigenvalue weighted by Crippen LogP contribution is -2.37. The Kier molecular flexibility index (Phi) is 6.54. The Morgan fingerprint density at radius 3 is 2.80 bits per heavy atom. The first-order chi connectivity index (χ1) is 14.4. The maximum Gasteiger partial charge on any atom is 0.261 e. The van der Waals surface area contributed by atoms with Gasteiger partial charge in [0, 0.05) is 19.6 Å². The van der Waals surface area contributed by atoms with Gasteiger partial charge in [0.25, 0.3) is 5.91 Å². The van der Waals surface area contributed by atoms with Crippen molar-refractivity contribution in [1.29, 1.82) is 0 Å². The predicted molar refractivity (Wildman–Crippen MR) is 120 cm³/mol. The highest BCUT2D eigenvalue weighted by Crippen LogP contribution is 2.33. The van der Waals surface area contributed by atoms with Crippen molar-refractivity contribution in [3.8, 4) is 0 Å². The Balaban J connectivity index is 1.41. The molecule has 0 saturated carbocycles. The van der Waals surface area contributed by atoms with Crippen molar-refractivity contribution in [1.82, 2.24) is 20.2 Å². The van der Waals surface area contributed by atoms with Gasteiger partial charge in [-0.05, 0) is 50.8 Å². The molecular formula is C20H29N5O3S2. The average Bonchev–Trinajstić information content (AvgIpc) is 3.26. The first kappa shape index (κ1) is 21.5.